The molecule has 1 fully saturated rings. The smallest absolute Gasteiger partial charge is 0.330 e. The molecule has 31 heavy (non-hydrogen) atoms. The van der Waals surface area contributed by atoms with Crippen molar-refractivity contribution in [3.8, 4) is 5.75 Å². The number of ether oxygens (including phenoxy) is 1. The number of nitrogens with two attached hydrogens (primary N) is 1. The fourth-order valence-electron chi connectivity index (χ4n) is 4.54. The van der Waals surface area contributed by atoms with Crippen LogP contribution in [0.25, 0.3) is 11.2 Å². The van der Waals surface area contributed by atoms with Crippen LogP contribution in [-0.4, -0.2) is 55.7 Å². The summed E-state index contributed by atoms with van der Waals surface area (Å²) in [6.07, 6.45) is 4.91. The topological polar surface area (TPSA) is 104 Å². The number of anilines is 1. The highest BCUT2D eigenvalue weighted by atomic mass is 35.5. The normalized spacial score (nSPS) is 17.0. The molecule has 4 heterocycles. The minimum Gasteiger partial charge on any atom is -0.496 e. The van der Waals surface area contributed by atoms with Crippen molar-refractivity contribution in [2.24, 2.45) is 0 Å². The van der Waals surface area contributed by atoms with Gasteiger partial charge in [-0.3, -0.25) is 14.1 Å². The Labute approximate surface area is 185 Å². The molecule has 1 atom stereocenters. The van der Waals surface area contributed by atoms with E-state index in [0.717, 1.165) is 42.0 Å². The molecule has 0 bridgehead atoms. The summed E-state index contributed by atoms with van der Waals surface area (Å²) in [5, 5.41) is 0.185. The monoisotopic (exact) mass is 445 g/mol. The summed E-state index contributed by atoms with van der Waals surface area (Å²) in [6.45, 7) is 5.73. The van der Waals surface area contributed by atoms with E-state index in [2.05, 4.69) is 26.9 Å². The summed E-state index contributed by atoms with van der Waals surface area (Å²) in [6, 6.07) is 0.448. The molecule has 0 amide bonds. The Morgan fingerprint density at radius 1 is 1.29 bits per heavy atom. The molecular formula is C21H28ClN7O2. The quantitative estimate of drug-likeness (QED) is 0.581. The second kappa shape index (κ2) is 8.47. The molecule has 3 aromatic heterocycles. The average Bonchev–Trinajstić information content (AvgIpc) is 3.24. The fourth-order valence-corrected chi connectivity index (χ4v) is 4.81. The SMILES string of the molecule is COc1c(C)cnc(Cn2c(=O)n(CCC3CCCN3C)c3c(Cl)nc(N)nc32)c1C. The first-order chi connectivity index (χ1) is 14.8. The zero-order valence-electron chi connectivity index (χ0n) is 18.4. The van der Waals surface area contributed by atoms with E-state index in [0.29, 0.717) is 23.8 Å². The van der Waals surface area contributed by atoms with Gasteiger partial charge in [0, 0.05) is 29.9 Å². The van der Waals surface area contributed by atoms with E-state index >= 15 is 0 Å². The van der Waals surface area contributed by atoms with Crippen molar-refractivity contribution in [2.45, 2.75) is 52.2 Å². The van der Waals surface area contributed by atoms with Crippen molar-refractivity contribution in [1.82, 2.24) is 29.0 Å². The number of rotatable bonds is 6. The van der Waals surface area contributed by atoms with E-state index < -0.39 is 0 Å². The van der Waals surface area contributed by atoms with E-state index in [-0.39, 0.29) is 23.3 Å². The number of aryl methyl sites for hydroxylation is 2. The Hall–Kier alpha value is -2.65. The van der Waals surface area contributed by atoms with Crippen LogP contribution >= 0.6 is 11.6 Å². The number of fused-ring (bicyclic) bond motifs is 1. The third-order valence-corrected chi connectivity index (χ3v) is 6.51. The van der Waals surface area contributed by atoms with Gasteiger partial charge in [-0.15, -0.1) is 0 Å². The summed E-state index contributed by atoms with van der Waals surface area (Å²) < 4.78 is 8.76. The van der Waals surface area contributed by atoms with Crippen molar-refractivity contribution < 1.29 is 4.74 Å². The minimum atomic E-state index is -0.196. The third kappa shape index (κ3) is 3.87. The number of hydrogen-bond donors (Lipinski definition) is 1. The van der Waals surface area contributed by atoms with Gasteiger partial charge in [-0.25, -0.2) is 4.79 Å². The predicted molar refractivity (Wildman–Crippen MR) is 121 cm³/mol. The summed E-state index contributed by atoms with van der Waals surface area (Å²) in [7, 11) is 3.75. The van der Waals surface area contributed by atoms with Crippen LogP contribution in [0.15, 0.2) is 11.0 Å². The van der Waals surface area contributed by atoms with Gasteiger partial charge in [-0.1, -0.05) is 11.6 Å². The Kier molecular flexibility index (Phi) is 5.90. The Morgan fingerprint density at radius 2 is 2.06 bits per heavy atom. The second-order valence-electron chi connectivity index (χ2n) is 8.18. The molecule has 166 valence electrons. The van der Waals surface area contributed by atoms with Gasteiger partial charge in [-0.05, 0) is 46.7 Å². The number of hydrogen-bond acceptors (Lipinski definition) is 7. The fraction of sp³-hybridized carbons (Fsp3) is 0.524. The standard InChI is InChI=1S/C21H28ClN7O2/c1-12-10-24-15(13(2)17(12)31-4)11-29-19-16(18(22)25-20(23)26-19)28(21(29)30)9-7-14-6-5-8-27(14)3/h10,14H,5-9,11H2,1-4H3,(H2,23,25,26). The van der Waals surface area contributed by atoms with Crippen molar-refractivity contribution in [2.75, 3.05) is 26.4 Å². The summed E-state index contributed by atoms with van der Waals surface area (Å²) in [5.74, 6) is 0.795. The van der Waals surface area contributed by atoms with Gasteiger partial charge in [0.1, 0.15) is 11.3 Å². The maximum Gasteiger partial charge on any atom is 0.330 e. The number of methoxy groups -OCH3 is 1. The van der Waals surface area contributed by atoms with Crippen LogP contribution in [0.1, 0.15) is 36.1 Å². The van der Waals surface area contributed by atoms with Gasteiger partial charge < -0.3 is 15.4 Å². The molecule has 9 nitrogen and oxygen atoms in total. The minimum absolute atomic E-state index is 0.0325. The zero-order chi connectivity index (χ0) is 22.3. The molecule has 3 aromatic rings. The molecule has 10 heteroatoms. The first-order valence-electron chi connectivity index (χ1n) is 10.4. The zero-order valence-corrected chi connectivity index (χ0v) is 19.1. The van der Waals surface area contributed by atoms with Crippen molar-refractivity contribution >= 4 is 28.7 Å². The van der Waals surface area contributed by atoms with E-state index in [1.54, 1.807) is 22.4 Å². The van der Waals surface area contributed by atoms with Gasteiger partial charge >= 0.3 is 5.69 Å². The van der Waals surface area contributed by atoms with Crippen molar-refractivity contribution in [3.63, 3.8) is 0 Å². The lowest BCUT2D eigenvalue weighted by Crippen LogP contribution is -2.30. The molecule has 0 aromatic carbocycles. The van der Waals surface area contributed by atoms with E-state index in [4.69, 9.17) is 22.1 Å². The first-order valence-corrected chi connectivity index (χ1v) is 10.8. The molecule has 0 spiro atoms. The van der Waals surface area contributed by atoms with E-state index in [1.165, 1.54) is 6.42 Å². The second-order valence-corrected chi connectivity index (χ2v) is 8.53. The Bertz CT molecular complexity index is 1190. The average molecular weight is 446 g/mol. The molecule has 0 aliphatic carbocycles. The Morgan fingerprint density at radius 3 is 2.74 bits per heavy atom. The van der Waals surface area contributed by atoms with Crippen LogP contribution in [0.2, 0.25) is 5.15 Å². The molecule has 4 rings (SSSR count). The molecule has 1 aliphatic heterocycles. The van der Waals surface area contributed by atoms with Crippen molar-refractivity contribution in [1.29, 1.82) is 0 Å². The van der Waals surface area contributed by atoms with Crippen LogP contribution in [0.4, 0.5) is 5.95 Å². The first kappa shape index (κ1) is 21.6. The van der Waals surface area contributed by atoms with Crippen LogP contribution in [0, 0.1) is 13.8 Å². The number of imidazole rings is 1. The van der Waals surface area contributed by atoms with Crippen LogP contribution in [0.3, 0.4) is 0 Å². The van der Waals surface area contributed by atoms with Gasteiger partial charge in [0.15, 0.2) is 10.8 Å². The number of nitrogen functional groups attached to an aromatic ring is 1. The predicted octanol–water partition coefficient (Wildman–Crippen LogP) is 2.38. The number of halogens is 1. The number of likely N-dealkylation sites (tertiary alicyclic amines) is 1. The van der Waals surface area contributed by atoms with Gasteiger partial charge in [0.25, 0.3) is 0 Å². The van der Waals surface area contributed by atoms with Gasteiger partial charge in [0.2, 0.25) is 5.95 Å². The molecule has 0 saturated carbocycles. The van der Waals surface area contributed by atoms with Crippen LogP contribution in [-0.2, 0) is 13.1 Å². The van der Waals surface area contributed by atoms with Gasteiger partial charge in [0.05, 0.1) is 19.3 Å². The summed E-state index contributed by atoms with van der Waals surface area (Å²) in [5.41, 5.74) is 9.15. The third-order valence-electron chi connectivity index (χ3n) is 6.24. The van der Waals surface area contributed by atoms with E-state index in [1.807, 2.05) is 13.8 Å². The number of pyridine rings is 1. The lowest BCUT2D eigenvalue weighted by molar-refractivity contribution is 0.286. The molecule has 1 saturated heterocycles. The molecule has 1 unspecified atom stereocenters. The number of aromatic nitrogens is 5. The lowest BCUT2D eigenvalue weighted by Gasteiger charge is -2.19. The molecule has 2 N–H and O–H groups in total. The molecule has 1 aliphatic rings. The summed E-state index contributed by atoms with van der Waals surface area (Å²) >= 11 is 6.43. The summed E-state index contributed by atoms with van der Waals surface area (Å²) in [4.78, 5) is 28.8. The highest BCUT2D eigenvalue weighted by Gasteiger charge is 2.24. The number of nitrogens with zero attached hydrogens (tertiary/aromatic N) is 6. The van der Waals surface area contributed by atoms with Crippen LogP contribution < -0.4 is 16.2 Å². The highest BCUT2D eigenvalue weighted by Crippen LogP contribution is 2.27. The largest absolute Gasteiger partial charge is 0.496 e. The maximum absolute atomic E-state index is 13.5. The van der Waals surface area contributed by atoms with E-state index in [9.17, 15) is 4.79 Å². The Balaban J connectivity index is 1.79. The maximum atomic E-state index is 13.5. The molecule has 0 radical (unpaired) electrons. The highest BCUT2D eigenvalue weighted by molar-refractivity contribution is 6.33. The lowest BCUT2D eigenvalue weighted by atomic mass is 10.1. The van der Waals surface area contributed by atoms with Crippen LogP contribution in [0.5, 0.6) is 5.75 Å². The molecular weight excluding hydrogens is 418 g/mol. The van der Waals surface area contributed by atoms with Gasteiger partial charge in [-0.2, -0.15) is 9.97 Å². The van der Waals surface area contributed by atoms with Crippen molar-refractivity contribution in [3.05, 3.63) is 38.7 Å².